The lowest BCUT2D eigenvalue weighted by Gasteiger charge is -2.26. The van der Waals surface area contributed by atoms with Crippen molar-refractivity contribution in [2.24, 2.45) is 4.99 Å². The van der Waals surface area contributed by atoms with Crippen LogP contribution in [0.5, 0.6) is 0 Å². The number of hydrogen-bond donors (Lipinski definition) is 0. The molecule has 1 aromatic heterocycles. The van der Waals surface area contributed by atoms with E-state index in [0.29, 0.717) is 11.3 Å². The van der Waals surface area contributed by atoms with Gasteiger partial charge >= 0.3 is 6.18 Å². The van der Waals surface area contributed by atoms with Crippen molar-refractivity contribution < 1.29 is 17.6 Å². The minimum absolute atomic E-state index is 0.0984. The highest BCUT2D eigenvalue weighted by Gasteiger charge is 2.37. The van der Waals surface area contributed by atoms with Crippen LogP contribution in [0, 0.1) is 5.82 Å². The highest BCUT2D eigenvalue weighted by molar-refractivity contribution is 6.02. The van der Waals surface area contributed by atoms with E-state index in [2.05, 4.69) is 15.1 Å². The number of aromatic nitrogens is 3. The highest BCUT2D eigenvalue weighted by atomic mass is 19.4. The number of hydrogen-bond acceptors (Lipinski definition) is 3. The smallest absolute Gasteiger partial charge is 0.222 e. The summed E-state index contributed by atoms with van der Waals surface area (Å²) in [5.74, 6) is -0.176. The second kappa shape index (κ2) is 6.05. The van der Waals surface area contributed by atoms with E-state index in [9.17, 15) is 17.6 Å². The van der Waals surface area contributed by atoms with Crippen LogP contribution < -0.4 is 0 Å². The Hall–Kier alpha value is -3.03. The first-order chi connectivity index (χ1) is 12.4. The van der Waals surface area contributed by atoms with Crippen molar-refractivity contribution in [2.75, 3.05) is 0 Å². The molecule has 2 aromatic carbocycles. The second-order valence-corrected chi connectivity index (χ2v) is 5.87. The molecular weight excluding hydrogens is 348 g/mol. The molecule has 1 aliphatic heterocycles. The Balaban J connectivity index is 1.82. The zero-order valence-electron chi connectivity index (χ0n) is 13.3. The molecule has 4 nitrogen and oxygen atoms in total. The summed E-state index contributed by atoms with van der Waals surface area (Å²) in [6, 6.07) is 10.4. The van der Waals surface area contributed by atoms with Crippen LogP contribution in [0.1, 0.15) is 29.2 Å². The Morgan fingerprint density at radius 2 is 1.73 bits per heavy atom. The molecule has 132 valence electrons. The molecule has 0 saturated heterocycles. The van der Waals surface area contributed by atoms with Crippen LogP contribution in [0.15, 0.2) is 59.9 Å². The number of rotatable bonds is 2. The molecule has 4 rings (SSSR count). The minimum atomic E-state index is -4.48. The van der Waals surface area contributed by atoms with Gasteiger partial charge in [0.2, 0.25) is 5.95 Å². The van der Waals surface area contributed by atoms with Crippen LogP contribution in [0.4, 0.5) is 23.5 Å². The van der Waals surface area contributed by atoms with E-state index in [1.807, 2.05) is 0 Å². The zero-order chi connectivity index (χ0) is 18.3. The Bertz CT molecular complexity index is 973. The van der Waals surface area contributed by atoms with Gasteiger partial charge in [-0.3, -0.25) is 0 Å². The lowest BCUT2D eigenvalue weighted by Crippen LogP contribution is -2.24. The SMILES string of the molecule is Fc1ccc(C2=Nc3ncnn3C(c3ccccc3C(F)(F)F)C2)cc1. The van der Waals surface area contributed by atoms with E-state index < -0.39 is 23.6 Å². The molecule has 1 aliphatic rings. The summed E-state index contributed by atoms with van der Waals surface area (Å²) in [5.41, 5.74) is 0.552. The lowest BCUT2D eigenvalue weighted by molar-refractivity contribution is -0.138. The fourth-order valence-electron chi connectivity index (χ4n) is 3.09. The molecule has 0 saturated carbocycles. The van der Waals surface area contributed by atoms with E-state index in [4.69, 9.17) is 0 Å². The van der Waals surface area contributed by atoms with Gasteiger partial charge in [0.05, 0.1) is 17.3 Å². The Morgan fingerprint density at radius 1 is 1.00 bits per heavy atom. The fourth-order valence-corrected chi connectivity index (χ4v) is 3.09. The van der Waals surface area contributed by atoms with E-state index in [1.54, 1.807) is 18.2 Å². The van der Waals surface area contributed by atoms with Crippen LogP contribution in [-0.4, -0.2) is 20.5 Å². The number of aliphatic imine (C=N–C) groups is 1. The van der Waals surface area contributed by atoms with Crippen molar-refractivity contribution in [2.45, 2.75) is 18.6 Å². The largest absolute Gasteiger partial charge is 0.416 e. The molecule has 1 unspecified atom stereocenters. The topological polar surface area (TPSA) is 43.1 Å². The van der Waals surface area contributed by atoms with Gasteiger partial charge in [-0.2, -0.15) is 23.3 Å². The van der Waals surface area contributed by atoms with Gasteiger partial charge in [-0.15, -0.1) is 0 Å². The first kappa shape index (κ1) is 16.4. The maximum Gasteiger partial charge on any atom is 0.416 e. The summed E-state index contributed by atoms with van der Waals surface area (Å²) >= 11 is 0. The van der Waals surface area contributed by atoms with Gasteiger partial charge in [0.15, 0.2) is 0 Å². The van der Waals surface area contributed by atoms with Crippen molar-refractivity contribution in [1.29, 1.82) is 0 Å². The van der Waals surface area contributed by atoms with Crippen LogP contribution >= 0.6 is 0 Å². The predicted molar refractivity (Wildman–Crippen MR) is 86.8 cm³/mol. The van der Waals surface area contributed by atoms with E-state index in [-0.39, 0.29) is 17.9 Å². The van der Waals surface area contributed by atoms with Crippen molar-refractivity contribution in [1.82, 2.24) is 14.8 Å². The van der Waals surface area contributed by atoms with Gasteiger partial charge < -0.3 is 0 Å². The maximum absolute atomic E-state index is 13.5. The van der Waals surface area contributed by atoms with Crippen molar-refractivity contribution in [3.05, 3.63) is 77.4 Å². The molecule has 26 heavy (non-hydrogen) atoms. The summed E-state index contributed by atoms with van der Waals surface area (Å²) < 4.78 is 54.9. The quantitative estimate of drug-likeness (QED) is 0.629. The average Bonchev–Trinajstić information content (AvgIpc) is 3.09. The monoisotopic (exact) mass is 360 g/mol. The summed E-state index contributed by atoms with van der Waals surface area (Å²) in [7, 11) is 0. The summed E-state index contributed by atoms with van der Waals surface area (Å²) in [6.07, 6.45) is -3.04. The standard InChI is InChI=1S/C18H12F4N4/c19-12-7-5-11(6-8-12)15-9-16(26-17(25-15)23-10-24-26)13-3-1-2-4-14(13)18(20,21)22/h1-8,10,16H,9H2. The molecule has 1 atom stereocenters. The van der Waals surface area contributed by atoms with Gasteiger partial charge in [-0.25, -0.2) is 14.1 Å². The zero-order valence-corrected chi connectivity index (χ0v) is 13.3. The number of halogens is 4. The van der Waals surface area contributed by atoms with Crippen LogP contribution in [0.2, 0.25) is 0 Å². The van der Waals surface area contributed by atoms with Crippen molar-refractivity contribution in [3.8, 4) is 0 Å². The predicted octanol–water partition coefficient (Wildman–Crippen LogP) is 4.55. The van der Waals surface area contributed by atoms with Crippen molar-refractivity contribution >= 4 is 11.7 Å². The van der Waals surface area contributed by atoms with E-state index >= 15 is 0 Å². The van der Waals surface area contributed by atoms with Gasteiger partial charge in [-0.1, -0.05) is 30.3 Å². The summed E-state index contributed by atoms with van der Waals surface area (Å²) in [5, 5.41) is 4.05. The number of benzene rings is 2. The molecule has 2 heterocycles. The molecule has 0 radical (unpaired) electrons. The van der Waals surface area contributed by atoms with Crippen molar-refractivity contribution in [3.63, 3.8) is 0 Å². The molecule has 8 heteroatoms. The minimum Gasteiger partial charge on any atom is -0.222 e. The summed E-state index contributed by atoms with van der Waals surface area (Å²) in [4.78, 5) is 8.40. The molecule has 0 aliphatic carbocycles. The fraction of sp³-hybridized carbons (Fsp3) is 0.167. The normalized spacial score (nSPS) is 16.9. The van der Waals surface area contributed by atoms with E-state index in [0.717, 1.165) is 6.07 Å². The number of nitrogens with zero attached hydrogens (tertiary/aromatic N) is 4. The molecule has 0 spiro atoms. The molecule has 0 fully saturated rings. The third-order valence-electron chi connectivity index (χ3n) is 4.27. The Kier molecular flexibility index (Phi) is 3.82. The molecular formula is C18H12F4N4. The highest BCUT2D eigenvalue weighted by Crippen LogP contribution is 2.39. The first-order valence-corrected chi connectivity index (χ1v) is 7.82. The number of alkyl halides is 3. The third kappa shape index (κ3) is 2.87. The lowest BCUT2D eigenvalue weighted by atomic mass is 9.92. The van der Waals surface area contributed by atoms with Gasteiger partial charge in [0, 0.05) is 6.42 Å². The van der Waals surface area contributed by atoms with Gasteiger partial charge in [-0.05, 0) is 29.3 Å². The van der Waals surface area contributed by atoms with Crippen LogP contribution in [0.25, 0.3) is 0 Å². The number of fused-ring (bicyclic) bond motifs is 1. The molecule has 0 amide bonds. The average molecular weight is 360 g/mol. The first-order valence-electron chi connectivity index (χ1n) is 7.82. The van der Waals surface area contributed by atoms with Gasteiger partial charge in [0.25, 0.3) is 0 Å². The van der Waals surface area contributed by atoms with Crippen LogP contribution in [0.3, 0.4) is 0 Å². The van der Waals surface area contributed by atoms with E-state index in [1.165, 1.54) is 35.3 Å². The third-order valence-corrected chi connectivity index (χ3v) is 4.27. The molecule has 0 N–H and O–H groups in total. The van der Waals surface area contributed by atoms with Gasteiger partial charge in [0.1, 0.15) is 12.1 Å². The second-order valence-electron chi connectivity index (χ2n) is 5.87. The van der Waals surface area contributed by atoms with Crippen LogP contribution in [-0.2, 0) is 6.18 Å². The Labute approximate surface area is 145 Å². The molecule has 0 bridgehead atoms. The Morgan fingerprint density at radius 3 is 2.46 bits per heavy atom. The molecule has 3 aromatic rings. The summed E-state index contributed by atoms with van der Waals surface area (Å²) in [6.45, 7) is 0. The maximum atomic E-state index is 13.5.